The molecule has 3 aromatic rings. The zero-order chi connectivity index (χ0) is 20.7. The minimum atomic E-state index is -4.50. The number of halogens is 3. The van der Waals surface area contributed by atoms with E-state index in [4.69, 9.17) is 4.74 Å². The average molecular weight is 398 g/mol. The molecule has 0 bridgehead atoms. The second kappa shape index (κ2) is 9.05. The summed E-state index contributed by atoms with van der Waals surface area (Å²) in [6.07, 6.45) is -3.52. The van der Waals surface area contributed by atoms with Crippen molar-refractivity contribution in [3.8, 4) is 5.75 Å². The number of ether oxygens (including phenoxy) is 1. The predicted molar refractivity (Wildman–Crippen MR) is 104 cm³/mol. The van der Waals surface area contributed by atoms with Crippen molar-refractivity contribution >= 4 is 12.1 Å². The number of nitrogens with one attached hydrogen (secondary N) is 1. The van der Waals surface area contributed by atoms with E-state index in [-0.39, 0.29) is 5.56 Å². The molecule has 148 valence electrons. The number of carbonyl (C=O) groups excluding carboxylic acids is 1. The van der Waals surface area contributed by atoms with Gasteiger partial charge in [0.25, 0.3) is 5.91 Å². The van der Waals surface area contributed by atoms with E-state index in [1.165, 1.54) is 18.2 Å². The first-order chi connectivity index (χ1) is 13.9. The highest BCUT2D eigenvalue weighted by molar-refractivity contribution is 5.95. The highest BCUT2D eigenvalue weighted by atomic mass is 19.4. The smallest absolute Gasteiger partial charge is 0.417 e. The molecule has 3 rings (SSSR count). The third kappa shape index (κ3) is 5.68. The zero-order valence-electron chi connectivity index (χ0n) is 15.2. The SMILES string of the molecule is O=C(N/N=C\c1ccccc1C(F)(F)F)c1ccc(COc2ccccc2)cc1. The van der Waals surface area contributed by atoms with Gasteiger partial charge in [-0.3, -0.25) is 4.79 Å². The standard InChI is InChI=1S/C22H17F3N2O2/c23-22(24,25)20-9-5-4-6-18(20)14-26-27-21(28)17-12-10-16(11-13-17)15-29-19-7-2-1-3-8-19/h1-14H,15H2,(H,27,28)/b26-14-. The maximum atomic E-state index is 12.9. The van der Waals surface area contributed by atoms with Crippen molar-refractivity contribution < 1.29 is 22.7 Å². The maximum Gasteiger partial charge on any atom is 0.417 e. The first-order valence-electron chi connectivity index (χ1n) is 8.70. The molecule has 4 nitrogen and oxygen atoms in total. The molecule has 0 aliphatic carbocycles. The minimum Gasteiger partial charge on any atom is -0.489 e. The summed E-state index contributed by atoms with van der Waals surface area (Å²) in [6.45, 7) is 0.346. The summed E-state index contributed by atoms with van der Waals surface area (Å²) in [5.74, 6) is 0.212. The fraction of sp³-hybridized carbons (Fsp3) is 0.0909. The van der Waals surface area contributed by atoms with Gasteiger partial charge in [0.05, 0.1) is 11.8 Å². The number of hydrazone groups is 1. The van der Waals surface area contributed by atoms with Crippen LogP contribution >= 0.6 is 0 Å². The molecule has 0 aromatic heterocycles. The number of benzene rings is 3. The summed E-state index contributed by atoms with van der Waals surface area (Å²) in [6, 6.07) is 21.0. The Labute approximate surface area is 165 Å². The van der Waals surface area contributed by atoms with Gasteiger partial charge in [-0.05, 0) is 35.9 Å². The molecule has 7 heteroatoms. The van der Waals surface area contributed by atoms with Gasteiger partial charge in [0.2, 0.25) is 0 Å². The van der Waals surface area contributed by atoms with Crippen molar-refractivity contribution in [2.24, 2.45) is 5.10 Å². The Morgan fingerprint density at radius 2 is 1.59 bits per heavy atom. The molecule has 1 amide bonds. The summed E-state index contributed by atoms with van der Waals surface area (Å²) in [7, 11) is 0. The van der Waals surface area contributed by atoms with E-state index in [0.29, 0.717) is 12.2 Å². The second-order valence-electron chi connectivity index (χ2n) is 6.08. The summed E-state index contributed by atoms with van der Waals surface area (Å²) in [5.41, 5.74) is 2.48. The van der Waals surface area contributed by atoms with Crippen LogP contribution in [0.15, 0.2) is 84.0 Å². The monoisotopic (exact) mass is 398 g/mol. The van der Waals surface area contributed by atoms with Crippen LogP contribution in [0.25, 0.3) is 0 Å². The number of alkyl halides is 3. The second-order valence-corrected chi connectivity index (χ2v) is 6.08. The fourth-order valence-corrected chi connectivity index (χ4v) is 2.53. The van der Waals surface area contributed by atoms with Crippen molar-refractivity contribution in [2.45, 2.75) is 12.8 Å². The molecule has 0 aliphatic heterocycles. The Hall–Kier alpha value is -3.61. The van der Waals surface area contributed by atoms with Crippen LogP contribution in [0.4, 0.5) is 13.2 Å². The lowest BCUT2D eigenvalue weighted by atomic mass is 10.1. The van der Waals surface area contributed by atoms with E-state index in [2.05, 4.69) is 10.5 Å². The molecule has 0 radical (unpaired) electrons. The van der Waals surface area contributed by atoms with Gasteiger partial charge < -0.3 is 4.74 Å². The molecular weight excluding hydrogens is 381 g/mol. The van der Waals surface area contributed by atoms with Crippen LogP contribution < -0.4 is 10.2 Å². The highest BCUT2D eigenvalue weighted by Gasteiger charge is 2.32. The third-order valence-electron chi connectivity index (χ3n) is 4.00. The van der Waals surface area contributed by atoms with Gasteiger partial charge in [0.15, 0.2) is 0 Å². The largest absolute Gasteiger partial charge is 0.489 e. The summed E-state index contributed by atoms with van der Waals surface area (Å²) >= 11 is 0. The third-order valence-corrected chi connectivity index (χ3v) is 4.00. The van der Waals surface area contributed by atoms with Crippen molar-refractivity contribution in [1.82, 2.24) is 5.43 Å². The number of carbonyl (C=O) groups is 1. The lowest BCUT2D eigenvalue weighted by Crippen LogP contribution is -2.18. The molecule has 0 heterocycles. The number of amides is 1. The quantitative estimate of drug-likeness (QED) is 0.467. The van der Waals surface area contributed by atoms with Gasteiger partial charge in [-0.2, -0.15) is 18.3 Å². The van der Waals surface area contributed by atoms with Crippen LogP contribution in [0.1, 0.15) is 27.0 Å². The number of para-hydroxylation sites is 1. The zero-order valence-corrected chi connectivity index (χ0v) is 15.2. The fourth-order valence-electron chi connectivity index (χ4n) is 2.53. The molecule has 0 fully saturated rings. The van der Waals surface area contributed by atoms with Crippen LogP contribution in [-0.4, -0.2) is 12.1 Å². The van der Waals surface area contributed by atoms with Crippen molar-refractivity contribution in [3.63, 3.8) is 0 Å². The Kier molecular flexibility index (Phi) is 6.29. The Balaban J connectivity index is 1.58. The molecule has 3 aromatic carbocycles. The predicted octanol–water partition coefficient (Wildman–Crippen LogP) is 5.05. The topological polar surface area (TPSA) is 50.7 Å². The van der Waals surface area contributed by atoms with E-state index in [1.807, 2.05) is 30.3 Å². The normalized spacial score (nSPS) is 11.4. The molecule has 0 saturated heterocycles. The van der Waals surface area contributed by atoms with Crippen LogP contribution in [-0.2, 0) is 12.8 Å². The summed E-state index contributed by atoms with van der Waals surface area (Å²) in [4.78, 5) is 12.1. The van der Waals surface area contributed by atoms with E-state index < -0.39 is 17.6 Å². The van der Waals surface area contributed by atoms with Crippen LogP contribution in [0.2, 0.25) is 0 Å². The van der Waals surface area contributed by atoms with Crippen molar-refractivity contribution in [2.75, 3.05) is 0 Å². The highest BCUT2D eigenvalue weighted by Crippen LogP contribution is 2.31. The minimum absolute atomic E-state index is 0.131. The van der Waals surface area contributed by atoms with E-state index in [9.17, 15) is 18.0 Å². The van der Waals surface area contributed by atoms with Gasteiger partial charge in [0, 0.05) is 11.1 Å². The van der Waals surface area contributed by atoms with Gasteiger partial charge in [-0.25, -0.2) is 5.43 Å². The molecular formula is C22H17F3N2O2. The molecule has 0 spiro atoms. The van der Waals surface area contributed by atoms with Gasteiger partial charge in [-0.15, -0.1) is 0 Å². The lowest BCUT2D eigenvalue weighted by Gasteiger charge is -2.09. The van der Waals surface area contributed by atoms with Crippen molar-refractivity contribution in [1.29, 1.82) is 0 Å². The van der Waals surface area contributed by atoms with E-state index in [1.54, 1.807) is 24.3 Å². The molecule has 0 atom stereocenters. The summed E-state index contributed by atoms with van der Waals surface area (Å²) in [5, 5.41) is 3.64. The van der Waals surface area contributed by atoms with E-state index in [0.717, 1.165) is 23.6 Å². The number of nitrogens with zero attached hydrogens (tertiary/aromatic N) is 1. The number of rotatable bonds is 6. The first-order valence-corrected chi connectivity index (χ1v) is 8.70. The average Bonchev–Trinajstić information content (AvgIpc) is 2.73. The Morgan fingerprint density at radius 1 is 0.931 bits per heavy atom. The van der Waals surface area contributed by atoms with Crippen LogP contribution in [0.5, 0.6) is 5.75 Å². The number of hydrogen-bond acceptors (Lipinski definition) is 3. The molecule has 0 unspecified atom stereocenters. The maximum absolute atomic E-state index is 12.9. The van der Waals surface area contributed by atoms with Gasteiger partial charge in [-0.1, -0.05) is 48.5 Å². The number of hydrogen-bond donors (Lipinski definition) is 1. The van der Waals surface area contributed by atoms with Crippen LogP contribution in [0.3, 0.4) is 0 Å². The van der Waals surface area contributed by atoms with Crippen LogP contribution in [0, 0.1) is 0 Å². The van der Waals surface area contributed by atoms with E-state index >= 15 is 0 Å². The molecule has 29 heavy (non-hydrogen) atoms. The lowest BCUT2D eigenvalue weighted by molar-refractivity contribution is -0.137. The van der Waals surface area contributed by atoms with Gasteiger partial charge in [0.1, 0.15) is 12.4 Å². The summed E-state index contributed by atoms with van der Waals surface area (Å²) < 4.78 is 44.5. The Bertz CT molecular complexity index is 985. The molecule has 0 saturated carbocycles. The van der Waals surface area contributed by atoms with Crippen molar-refractivity contribution in [3.05, 3.63) is 101 Å². The molecule has 0 aliphatic rings. The Morgan fingerprint density at radius 3 is 2.28 bits per heavy atom. The first kappa shape index (κ1) is 20.1. The van der Waals surface area contributed by atoms with Gasteiger partial charge >= 0.3 is 6.18 Å². The molecule has 1 N–H and O–H groups in total.